The number of nitrogens with one attached hydrogen (secondary N) is 2. The fourth-order valence-electron chi connectivity index (χ4n) is 4.88. The van der Waals surface area contributed by atoms with Crippen molar-refractivity contribution in [3.05, 3.63) is 42.0 Å². The third kappa shape index (κ3) is 4.65. The third-order valence-corrected chi connectivity index (χ3v) is 6.70. The fraction of sp³-hybridized carbons (Fsp3) is 0.542. The Morgan fingerprint density at radius 2 is 1.91 bits per heavy atom. The Morgan fingerprint density at radius 3 is 2.62 bits per heavy atom. The average molecular weight is 439 g/mol. The Bertz CT molecular complexity index is 947. The molecule has 1 fully saturated rings. The number of aromatic amines is 1. The largest absolute Gasteiger partial charge is 0.470 e. The molecule has 2 aliphatic heterocycles. The molecular formula is C24H34N6O2. The van der Waals surface area contributed by atoms with E-state index in [1.54, 1.807) is 0 Å². The third-order valence-electron chi connectivity index (χ3n) is 6.70. The second kappa shape index (κ2) is 9.73. The van der Waals surface area contributed by atoms with Gasteiger partial charge in [0.15, 0.2) is 5.82 Å². The summed E-state index contributed by atoms with van der Waals surface area (Å²) in [6, 6.07) is 8.94. The van der Waals surface area contributed by atoms with Crippen molar-refractivity contribution in [1.29, 1.82) is 5.41 Å². The lowest BCUT2D eigenvalue weighted by Crippen LogP contribution is -2.44. The number of aromatic nitrogens is 2. The van der Waals surface area contributed by atoms with Gasteiger partial charge in [-0.2, -0.15) is 0 Å². The van der Waals surface area contributed by atoms with Gasteiger partial charge in [0.1, 0.15) is 17.3 Å². The minimum Gasteiger partial charge on any atom is -0.470 e. The van der Waals surface area contributed by atoms with E-state index in [2.05, 4.69) is 28.7 Å². The first-order chi connectivity index (χ1) is 15.5. The number of amides is 1. The van der Waals surface area contributed by atoms with Gasteiger partial charge in [-0.1, -0.05) is 25.0 Å². The predicted octanol–water partition coefficient (Wildman–Crippen LogP) is 3.59. The number of carbonyl (C=O) groups excluding carboxylic acids is 1. The van der Waals surface area contributed by atoms with Crippen LogP contribution in [0.5, 0.6) is 5.75 Å². The molecule has 1 saturated heterocycles. The van der Waals surface area contributed by atoms with Gasteiger partial charge in [0.05, 0.1) is 11.9 Å². The predicted molar refractivity (Wildman–Crippen MR) is 125 cm³/mol. The molecule has 1 amide bonds. The highest BCUT2D eigenvalue weighted by atomic mass is 16.5. The topological polar surface area (TPSA) is 111 Å². The van der Waals surface area contributed by atoms with Gasteiger partial charge in [-0.25, -0.2) is 4.98 Å². The second-order valence-corrected chi connectivity index (χ2v) is 8.98. The summed E-state index contributed by atoms with van der Waals surface area (Å²) in [6.45, 7) is 6.44. The van der Waals surface area contributed by atoms with Gasteiger partial charge >= 0.3 is 0 Å². The first-order valence-corrected chi connectivity index (χ1v) is 11.7. The number of likely N-dealkylation sites (tertiary alicyclic amines) is 1. The molecule has 1 aromatic heterocycles. The van der Waals surface area contributed by atoms with Crippen molar-refractivity contribution in [3.63, 3.8) is 0 Å². The molecule has 0 saturated carbocycles. The summed E-state index contributed by atoms with van der Waals surface area (Å²) >= 11 is 0. The van der Waals surface area contributed by atoms with Crippen LogP contribution in [-0.4, -0.2) is 51.8 Å². The van der Waals surface area contributed by atoms with E-state index in [0.29, 0.717) is 35.9 Å². The van der Waals surface area contributed by atoms with E-state index in [0.717, 1.165) is 31.5 Å². The van der Waals surface area contributed by atoms with Crippen LogP contribution >= 0.6 is 0 Å². The molecule has 2 aromatic rings. The molecule has 3 heterocycles. The molecule has 3 atom stereocenters. The van der Waals surface area contributed by atoms with Crippen LogP contribution in [-0.2, 0) is 4.79 Å². The Kier molecular flexibility index (Phi) is 6.79. The van der Waals surface area contributed by atoms with Crippen molar-refractivity contribution in [1.82, 2.24) is 14.9 Å². The Labute approximate surface area is 189 Å². The summed E-state index contributed by atoms with van der Waals surface area (Å²) in [5.74, 6) is 0.759. The summed E-state index contributed by atoms with van der Waals surface area (Å²) in [7, 11) is 0. The van der Waals surface area contributed by atoms with Gasteiger partial charge in [-0.3, -0.25) is 15.1 Å². The molecule has 8 heteroatoms. The number of para-hydroxylation sites is 2. The van der Waals surface area contributed by atoms with E-state index in [4.69, 9.17) is 15.9 Å². The number of nitrogen functional groups attached to an aromatic ring is 1. The lowest BCUT2D eigenvalue weighted by Gasteiger charge is -2.39. The maximum absolute atomic E-state index is 13.3. The lowest BCUT2D eigenvalue weighted by atomic mass is 9.97. The van der Waals surface area contributed by atoms with Crippen LogP contribution in [0, 0.1) is 5.41 Å². The van der Waals surface area contributed by atoms with Crippen LogP contribution < -0.4 is 15.4 Å². The highest BCUT2D eigenvalue weighted by Gasteiger charge is 2.37. The minimum atomic E-state index is -0.868. The number of ether oxygens (including phenoxy) is 1. The van der Waals surface area contributed by atoms with E-state index >= 15 is 0 Å². The molecule has 1 unspecified atom stereocenters. The number of rotatable bonds is 8. The zero-order valence-corrected chi connectivity index (χ0v) is 19.0. The molecule has 2 aliphatic rings. The van der Waals surface area contributed by atoms with Crippen LogP contribution in [0.3, 0.4) is 0 Å². The van der Waals surface area contributed by atoms with Gasteiger partial charge in [-0.15, -0.1) is 0 Å². The number of amidine groups is 1. The molecular weight excluding hydrogens is 404 g/mol. The Hall–Kier alpha value is -2.87. The standard InChI is InChI=1S/C24H34N6O2/c1-16-9-8-10-17(2)29(16)13-6-3-7-14-30-19-11-4-5-12-20(19)32-21(24(30)31)23-27-15-18(28-23)22(25)26/h4-5,11-12,15-17,21H,3,6-10,13-14H2,1-2H3,(H3,25,26)(H,27,28)/t16-,17+,21?. The minimum absolute atomic E-state index is 0.124. The summed E-state index contributed by atoms with van der Waals surface area (Å²) in [5.41, 5.74) is 6.71. The van der Waals surface area contributed by atoms with Crippen molar-refractivity contribution in [2.45, 2.75) is 70.6 Å². The number of imidazole rings is 1. The highest BCUT2D eigenvalue weighted by molar-refractivity contribution is 6.00. The monoisotopic (exact) mass is 438 g/mol. The maximum atomic E-state index is 13.3. The SMILES string of the molecule is C[C@@H]1CCC[C@H](C)N1CCCCCN1C(=O)C(c2ncc(C(=N)N)[nH]2)Oc2ccccc21. The van der Waals surface area contributed by atoms with Crippen molar-refractivity contribution >= 4 is 17.4 Å². The quantitative estimate of drug-likeness (QED) is 0.331. The smallest absolute Gasteiger partial charge is 0.276 e. The first kappa shape index (κ1) is 22.3. The summed E-state index contributed by atoms with van der Waals surface area (Å²) in [6.07, 6.45) is 7.66. The van der Waals surface area contributed by atoms with E-state index < -0.39 is 6.10 Å². The lowest BCUT2D eigenvalue weighted by molar-refractivity contribution is -0.127. The Balaban J connectivity index is 1.39. The Morgan fingerprint density at radius 1 is 1.19 bits per heavy atom. The van der Waals surface area contributed by atoms with Gasteiger partial charge < -0.3 is 20.4 Å². The number of nitrogens with zero attached hydrogens (tertiary/aromatic N) is 3. The van der Waals surface area contributed by atoms with Crippen LogP contribution in [0.15, 0.2) is 30.5 Å². The first-order valence-electron chi connectivity index (χ1n) is 11.7. The van der Waals surface area contributed by atoms with Gasteiger partial charge in [-0.05, 0) is 58.2 Å². The molecule has 1 aromatic carbocycles. The number of anilines is 1. The number of H-pyrrole nitrogens is 1. The maximum Gasteiger partial charge on any atom is 0.276 e. The fourth-order valence-corrected chi connectivity index (χ4v) is 4.88. The van der Waals surface area contributed by atoms with E-state index in [-0.39, 0.29) is 11.7 Å². The zero-order valence-electron chi connectivity index (χ0n) is 19.0. The number of piperidine rings is 1. The van der Waals surface area contributed by atoms with Crippen molar-refractivity contribution in [3.8, 4) is 5.75 Å². The molecule has 8 nitrogen and oxygen atoms in total. The highest BCUT2D eigenvalue weighted by Crippen LogP contribution is 2.38. The number of carbonyl (C=O) groups is 1. The number of nitrogens with two attached hydrogens (primary N) is 1. The molecule has 32 heavy (non-hydrogen) atoms. The summed E-state index contributed by atoms with van der Waals surface area (Å²) < 4.78 is 5.98. The van der Waals surface area contributed by atoms with Gasteiger partial charge in [0.2, 0.25) is 6.10 Å². The molecule has 172 valence electrons. The molecule has 0 bridgehead atoms. The molecule has 0 aliphatic carbocycles. The molecule has 0 spiro atoms. The van der Waals surface area contributed by atoms with Gasteiger partial charge in [0, 0.05) is 18.6 Å². The number of hydrogen-bond donors (Lipinski definition) is 3. The average Bonchev–Trinajstić information content (AvgIpc) is 3.27. The number of benzene rings is 1. The second-order valence-electron chi connectivity index (χ2n) is 8.98. The molecule has 4 rings (SSSR count). The number of fused-ring (bicyclic) bond motifs is 1. The number of unbranched alkanes of at least 4 members (excludes halogenated alkanes) is 2. The van der Waals surface area contributed by atoms with E-state index in [1.165, 1.54) is 25.5 Å². The molecule has 4 N–H and O–H groups in total. The van der Waals surface area contributed by atoms with Gasteiger partial charge in [0.25, 0.3) is 5.91 Å². The van der Waals surface area contributed by atoms with Crippen LogP contribution in [0.1, 0.15) is 70.0 Å². The van der Waals surface area contributed by atoms with Crippen LogP contribution in [0.2, 0.25) is 0 Å². The zero-order chi connectivity index (χ0) is 22.7. The van der Waals surface area contributed by atoms with Crippen LogP contribution in [0.25, 0.3) is 0 Å². The van der Waals surface area contributed by atoms with Crippen molar-refractivity contribution < 1.29 is 9.53 Å². The molecule has 0 radical (unpaired) electrons. The van der Waals surface area contributed by atoms with Crippen LogP contribution in [0.4, 0.5) is 5.69 Å². The van der Waals surface area contributed by atoms with E-state index in [1.807, 2.05) is 29.2 Å². The summed E-state index contributed by atoms with van der Waals surface area (Å²) in [4.78, 5) is 24.9. The van der Waals surface area contributed by atoms with Crippen molar-refractivity contribution in [2.24, 2.45) is 5.73 Å². The number of hydrogen-bond acceptors (Lipinski definition) is 5. The van der Waals surface area contributed by atoms with Crippen molar-refractivity contribution in [2.75, 3.05) is 18.0 Å². The van der Waals surface area contributed by atoms with E-state index in [9.17, 15) is 4.79 Å². The summed E-state index contributed by atoms with van der Waals surface area (Å²) in [5, 5.41) is 7.57. The normalized spacial score (nSPS) is 23.6.